The van der Waals surface area contributed by atoms with Gasteiger partial charge in [-0.2, -0.15) is 5.10 Å². The van der Waals surface area contributed by atoms with Gasteiger partial charge in [0.1, 0.15) is 6.04 Å². The fourth-order valence-electron chi connectivity index (χ4n) is 2.00. The minimum atomic E-state index is -0.492. The molecule has 0 radical (unpaired) electrons. The highest BCUT2D eigenvalue weighted by molar-refractivity contribution is 6.33. The molecule has 21 heavy (non-hydrogen) atoms. The lowest BCUT2D eigenvalue weighted by Crippen LogP contribution is -2.25. The molecule has 1 amide bonds. The second kappa shape index (κ2) is 5.95. The van der Waals surface area contributed by atoms with E-state index < -0.39 is 6.04 Å². The number of aromatic nitrogens is 2. The molecule has 0 saturated heterocycles. The van der Waals surface area contributed by atoms with Crippen molar-refractivity contribution in [3.05, 3.63) is 39.6 Å². The summed E-state index contributed by atoms with van der Waals surface area (Å²) in [6, 6.07) is 4.45. The number of carbonyl (C=O) groups is 1. The van der Waals surface area contributed by atoms with E-state index in [9.17, 15) is 4.79 Å². The molecule has 112 valence electrons. The molecule has 1 atom stereocenters. The Labute approximate surface area is 133 Å². The highest BCUT2D eigenvalue weighted by Crippen LogP contribution is 2.25. The number of rotatable bonds is 3. The van der Waals surface area contributed by atoms with Crippen LogP contribution in [0, 0.1) is 13.8 Å². The number of hydrogen-bond donors (Lipinski definition) is 2. The van der Waals surface area contributed by atoms with Crippen molar-refractivity contribution in [1.29, 1.82) is 0 Å². The topological polar surface area (TPSA) is 72.9 Å². The van der Waals surface area contributed by atoms with Crippen molar-refractivity contribution in [3.8, 4) is 0 Å². The predicted molar refractivity (Wildman–Crippen MR) is 85.9 cm³/mol. The zero-order chi connectivity index (χ0) is 15.7. The molecule has 1 aromatic heterocycles. The lowest BCUT2D eigenvalue weighted by molar-refractivity contribution is -0.119. The third kappa shape index (κ3) is 3.14. The van der Waals surface area contributed by atoms with Crippen LogP contribution in [0.1, 0.15) is 24.4 Å². The number of halogens is 2. The number of anilines is 2. The quantitative estimate of drug-likeness (QED) is 0.846. The molecule has 0 aliphatic heterocycles. The maximum Gasteiger partial charge on any atom is 0.248 e. The van der Waals surface area contributed by atoms with E-state index >= 15 is 0 Å². The molecule has 0 aliphatic rings. The normalized spacial score (nSPS) is 12.2. The van der Waals surface area contributed by atoms with Gasteiger partial charge in [0, 0.05) is 5.69 Å². The average molecular weight is 327 g/mol. The van der Waals surface area contributed by atoms with E-state index in [1.165, 1.54) is 0 Å². The van der Waals surface area contributed by atoms with Gasteiger partial charge in [0.15, 0.2) is 0 Å². The number of nitrogen functional groups attached to an aromatic ring is 1. The summed E-state index contributed by atoms with van der Waals surface area (Å²) in [5, 5.41) is 8.09. The van der Waals surface area contributed by atoms with Gasteiger partial charge in [0.05, 0.1) is 27.1 Å². The Kier molecular flexibility index (Phi) is 4.44. The SMILES string of the molecule is Cc1nn(C(C)C(=O)Nc2ccc(Cl)c(N)c2)c(C)c1Cl. The van der Waals surface area contributed by atoms with Gasteiger partial charge in [-0.1, -0.05) is 23.2 Å². The Morgan fingerprint density at radius 2 is 2.05 bits per heavy atom. The third-order valence-corrected chi connectivity index (χ3v) is 4.14. The Hall–Kier alpha value is -1.72. The lowest BCUT2D eigenvalue weighted by Gasteiger charge is -2.15. The zero-order valence-electron chi connectivity index (χ0n) is 11.9. The highest BCUT2D eigenvalue weighted by atomic mass is 35.5. The van der Waals surface area contributed by atoms with Gasteiger partial charge in [-0.25, -0.2) is 0 Å². The number of hydrogen-bond acceptors (Lipinski definition) is 3. The van der Waals surface area contributed by atoms with Crippen LogP contribution in [0.5, 0.6) is 0 Å². The molecule has 0 aliphatic carbocycles. The van der Waals surface area contributed by atoms with Gasteiger partial charge in [-0.05, 0) is 39.0 Å². The molecule has 2 aromatic rings. The summed E-state index contributed by atoms with van der Waals surface area (Å²) in [4.78, 5) is 12.3. The molecular formula is C14H16Cl2N4O. The molecule has 7 heteroatoms. The van der Waals surface area contributed by atoms with Crippen molar-refractivity contribution in [3.63, 3.8) is 0 Å². The van der Waals surface area contributed by atoms with Crippen molar-refractivity contribution in [2.75, 3.05) is 11.1 Å². The van der Waals surface area contributed by atoms with E-state index in [0.717, 1.165) is 5.69 Å². The van der Waals surface area contributed by atoms with E-state index in [-0.39, 0.29) is 5.91 Å². The molecular weight excluding hydrogens is 311 g/mol. The van der Waals surface area contributed by atoms with Crippen molar-refractivity contribution in [2.45, 2.75) is 26.8 Å². The number of nitrogens with zero attached hydrogens (tertiary/aromatic N) is 2. The van der Waals surface area contributed by atoms with Crippen molar-refractivity contribution in [2.24, 2.45) is 0 Å². The smallest absolute Gasteiger partial charge is 0.248 e. The highest BCUT2D eigenvalue weighted by Gasteiger charge is 2.20. The first kappa shape index (κ1) is 15.7. The Morgan fingerprint density at radius 1 is 1.38 bits per heavy atom. The first-order valence-corrected chi connectivity index (χ1v) is 7.14. The molecule has 0 fully saturated rings. The van der Waals surface area contributed by atoms with Crippen LogP contribution in [0.2, 0.25) is 10.0 Å². The first-order chi connectivity index (χ1) is 9.81. The fourth-order valence-corrected chi connectivity index (χ4v) is 2.24. The van der Waals surface area contributed by atoms with E-state index in [4.69, 9.17) is 28.9 Å². The van der Waals surface area contributed by atoms with Crippen LogP contribution in [0.3, 0.4) is 0 Å². The van der Waals surface area contributed by atoms with E-state index in [2.05, 4.69) is 10.4 Å². The van der Waals surface area contributed by atoms with Gasteiger partial charge in [-0.15, -0.1) is 0 Å². The van der Waals surface area contributed by atoms with Crippen molar-refractivity contribution in [1.82, 2.24) is 9.78 Å². The molecule has 1 unspecified atom stereocenters. The van der Waals surface area contributed by atoms with Crippen LogP contribution in [0.25, 0.3) is 0 Å². The Bertz CT molecular complexity index is 697. The van der Waals surface area contributed by atoms with Crippen LogP contribution in [0.15, 0.2) is 18.2 Å². The number of benzene rings is 1. The summed E-state index contributed by atoms with van der Waals surface area (Å²) in [5.74, 6) is -0.209. The van der Waals surface area contributed by atoms with Crippen molar-refractivity contribution < 1.29 is 4.79 Å². The van der Waals surface area contributed by atoms with Gasteiger partial charge < -0.3 is 11.1 Å². The third-order valence-electron chi connectivity index (χ3n) is 3.25. The number of carbonyl (C=O) groups excluding carboxylic acids is 1. The summed E-state index contributed by atoms with van der Waals surface area (Å²) in [7, 11) is 0. The van der Waals surface area contributed by atoms with Crippen LogP contribution < -0.4 is 11.1 Å². The second-order valence-electron chi connectivity index (χ2n) is 4.83. The minimum Gasteiger partial charge on any atom is -0.397 e. The number of nitrogens with one attached hydrogen (secondary N) is 1. The summed E-state index contributed by atoms with van der Waals surface area (Å²) < 4.78 is 1.60. The van der Waals surface area contributed by atoms with E-state index in [0.29, 0.717) is 27.1 Å². The molecule has 1 heterocycles. The average Bonchev–Trinajstić information content (AvgIpc) is 2.69. The summed E-state index contributed by atoms with van der Waals surface area (Å²) >= 11 is 11.9. The van der Waals surface area contributed by atoms with Crippen molar-refractivity contribution >= 4 is 40.5 Å². The predicted octanol–water partition coefficient (Wildman–Crippen LogP) is 3.59. The maximum atomic E-state index is 12.3. The summed E-state index contributed by atoms with van der Waals surface area (Å²) in [5.41, 5.74) is 8.17. The van der Waals surface area contributed by atoms with Crippen LogP contribution >= 0.6 is 23.2 Å². The Morgan fingerprint density at radius 3 is 2.57 bits per heavy atom. The summed E-state index contributed by atoms with van der Waals surface area (Å²) in [6.07, 6.45) is 0. The maximum absolute atomic E-state index is 12.3. The summed E-state index contributed by atoms with van der Waals surface area (Å²) in [6.45, 7) is 5.38. The molecule has 0 saturated carbocycles. The van der Waals surface area contributed by atoms with E-state index in [1.807, 2.05) is 6.92 Å². The number of amides is 1. The van der Waals surface area contributed by atoms with Gasteiger partial charge in [0.2, 0.25) is 5.91 Å². The molecule has 5 nitrogen and oxygen atoms in total. The van der Waals surface area contributed by atoms with Crippen LogP contribution in [-0.4, -0.2) is 15.7 Å². The first-order valence-electron chi connectivity index (χ1n) is 6.38. The molecule has 0 bridgehead atoms. The number of nitrogens with two attached hydrogens (primary N) is 1. The van der Waals surface area contributed by atoms with Crippen LogP contribution in [0.4, 0.5) is 11.4 Å². The molecule has 0 spiro atoms. The largest absolute Gasteiger partial charge is 0.397 e. The Balaban J connectivity index is 2.19. The second-order valence-corrected chi connectivity index (χ2v) is 5.62. The minimum absolute atomic E-state index is 0.209. The standard InChI is InChI=1S/C14H16Cl2N4O/c1-7-13(16)8(2)20(19-7)9(3)14(21)18-10-4-5-11(15)12(17)6-10/h4-6,9H,17H2,1-3H3,(H,18,21). The van der Waals surface area contributed by atoms with Gasteiger partial charge in [0.25, 0.3) is 0 Å². The molecule has 1 aromatic carbocycles. The fraction of sp³-hybridized carbons (Fsp3) is 0.286. The monoisotopic (exact) mass is 326 g/mol. The molecule has 2 rings (SSSR count). The lowest BCUT2D eigenvalue weighted by atomic mass is 10.2. The van der Waals surface area contributed by atoms with Gasteiger partial charge in [-0.3, -0.25) is 9.48 Å². The van der Waals surface area contributed by atoms with E-state index in [1.54, 1.807) is 36.7 Å². The number of aryl methyl sites for hydroxylation is 1. The molecule has 3 N–H and O–H groups in total. The van der Waals surface area contributed by atoms with Crippen LogP contribution in [-0.2, 0) is 4.79 Å². The van der Waals surface area contributed by atoms with Gasteiger partial charge >= 0.3 is 0 Å². The zero-order valence-corrected chi connectivity index (χ0v) is 13.5.